The number of nitrogens with two attached hydrogens (primary N) is 1. The number of carbonyl (C=O) groups excluding carboxylic acids is 1. The van der Waals surface area contributed by atoms with Crippen molar-refractivity contribution in [2.45, 2.75) is 71.4 Å². The summed E-state index contributed by atoms with van der Waals surface area (Å²) >= 11 is 1.60. The molecule has 5 heteroatoms. The molecule has 26 heavy (non-hydrogen) atoms. The summed E-state index contributed by atoms with van der Waals surface area (Å²) < 4.78 is 0. The molecule has 0 bridgehead atoms. The summed E-state index contributed by atoms with van der Waals surface area (Å²) in [5.41, 5.74) is 7.37. The normalized spacial score (nSPS) is 24.9. The minimum Gasteiger partial charge on any atom is -0.379 e. The lowest BCUT2D eigenvalue weighted by atomic mass is 9.84. The van der Waals surface area contributed by atoms with E-state index in [1.54, 1.807) is 11.8 Å². The van der Waals surface area contributed by atoms with Gasteiger partial charge in [0.2, 0.25) is 0 Å². The Morgan fingerprint density at radius 1 is 1.35 bits per heavy atom. The van der Waals surface area contributed by atoms with Crippen molar-refractivity contribution >= 4 is 22.8 Å². The van der Waals surface area contributed by atoms with Crippen molar-refractivity contribution in [3.63, 3.8) is 0 Å². The second-order valence-corrected chi connectivity index (χ2v) is 8.68. The fraction of sp³-hybridized carbons (Fsp3) is 0.619. The zero-order chi connectivity index (χ0) is 17.9. The first-order valence-electron chi connectivity index (χ1n) is 9.37. The third-order valence-electron chi connectivity index (χ3n) is 5.66. The van der Waals surface area contributed by atoms with Crippen molar-refractivity contribution in [2.75, 3.05) is 5.75 Å². The van der Waals surface area contributed by atoms with Crippen molar-refractivity contribution in [1.82, 2.24) is 5.32 Å². The zero-order valence-corrected chi connectivity index (χ0v) is 16.1. The van der Waals surface area contributed by atoms with E-state index < -0.39 is 0 Å². The third-order valence-corrected chi connectivity index (χ3v) is 6.45. The van der Waals surface area contributed by atoms with E-state index in [0.717, 1.165) is 17.7 Å². The van der Waals surface area contributed by atoms with E-state index in [1.807, 2.05) is 24.3 Å². The van der Waals surface area contributed by atoms with Crippen molar-refractivity contribution < 1.29 is 4.79 Å². The summed E-state index contributed by atoms with van der Waals surface area (Å²) in [6.07, 6.45) is 7.30. The summed E-state index contributed by atoms with van der Waals surface area (Å²) in [7, 11) is 0. The van der Waals surface area contributed by atoms with E-state index in [9.17, 15) is 4.79 Å². The lowest BCUT2D eigenvalue weighted by Gasteiger charge is -2.30. The Labute approximate surface area is 162 Å². The van der Waals surface area contributed by atoms with Crippen LogP contribution in [0.2, 0.25) is 0 Å². The number of hydrogen-bond donors (Lipinski definition) is 2. The Morgan fingerprint density at radius 2 is 2.08 bits per heavy atom. The molecule has 2 atom stereocenters. The van der Waals surface area contributed by atoms with Crippen molar-refractivity contribution in [1.29, 1.82) is 0 Å². The number of amidine groups is 1. The first kappa shape index (κ1) is 20.8. The van der Waals surface area contributed by atoms with Gasteiger partial charge in [-0.1, -0.05) is 50.6 Å². The molecular formula is C21H33N3OS. The molecule has 1 aliphatic heterocycles. The largest absolute Gasteiger partial charge is 0.379 e. The number of carbonyl (C=O) groups is 1. The number of thioether (sulfide) groups is 1. The number of aliphatic imine (C=N–C) groups is 1. The van der Waals surface area contributed by atoms with Crippen LogP contribution in [0.3, 0.4) is 0 Å². The van der Waals surface area contributed by atoms with Gasteiger partial charge in [0.1, 0.15) is 0 Å². The lowest BCUT2D eigenvalue weighted by molar-refractivity contribution is 0.0919. The number of nitrogens with one attached hydrogen (secondary N) is 1. The molecule has 2 aliphatic rings. The van der Waals surface area contributed by atoms with Crippen molar-refractivity contribution in [2.24, 2.45) is 16.6 Å². The number of benzene rings is 1. The Balaban J connectivity index is 0.00000243. The van der Waals surface area contributed by atoms with Gasteiger partial charge in [-0.25, -0.2) is 0 Å². The van der Waals surface area contributed by atoms with Gasteiger partial charge in [0.05, 0.1) is 5.54 Å². The van der Waals surface area contributed by atoms with E-state index >= 15 is 0 Å². The molecule has 3 rings (SSSR count). The minimum absolute atomic E-state index is 0. The Kier molecular flexibility index (Phi) is 7.16. The van der Waals surface area contributed by atoms with Gasteiger partial charge >= 0.3 is 0 Å². The highest BCUT2D eigenvalue weighted by molar-refractivity contribution is 8.13. The molecule has 144 valence electrons. The van der Waals surface area contributed by atoms with Gasteiger partial charge in [0.15, 0.2) is 5.17 Å². The second kappa shape index (κ2) is 8.94. The van der Waals surface area contributed by atoms with Gasteiger partial charge in [-0.05, 0) is 56.7 Å². The van der Waals surface area contributed by atoms with Crippen LogP contribution in [-0.2, 0) is 5.54 Å². The molecule has 1 heterocycles. The van der Waals surface area contributed by atoms with Crippen LogP contribution >= 0.6 is 11.8 Å². The summed E-state index contributed by atoms with van der Waals surface area (Å²) in [5, 5.41) is 3.85. The fourth-order valence-corrected chi connectivity index (χ4v) is 4.91. The first-order valence-corrected chi connectivity index (χ1v) is 10.4. The summed E-state index contributed by atoms with van der Waals surface area (Å²) in [5.74, 6) is 1.59. The topological polar surface area (TPSA) is 67.5 Å². The Bertz CT molecular complexity index is 654. The van der Waals surface area contributed by atoms with Gasteiger partial charge < -0.3 is 11.1 Å². The van der Waals surface area contributed by atoms with Gasteiger partial charge in [0, 0.05) is 17.4 Å². The van der Waals surface area contributed by atoms with Crippen LogP contribution in [-0.4, -0.2) is 22.9 Å². The maximum absolute atomic E-state index is 12.7. The van der Waals surface area contributed by atoms with Gasteiger partial charge in [-0.2, -0.15) is 0 Å². The van der Waals surface area contributed by atoms with Crippen LogP contribution in [0.25, 0.3) is 0 Å². The maximum Gasteiger partial charge on any atom is 0.251 e. The molecule has 4 nitrogen and oxygen atoms in total. The average Bonchev–Trinajstić information content (AvgIpc) is 2.62. The molecule has 1 fully saturated rings. The number of hydrogen-bond acceptors (Lipinski definition) is 4. The first-order chi connectivity index (χ1) is 12.0. The smallest absolute Gasteiger partial charge is 0.251 e. The van der Waals surface area contributed by atoms with Crippen LogP contribution < -0.4 is 11.1 Å². The highest BCUT2D eigenvalue weighted by Gasteiger charge is 2.30. The standard InChI is InChI=1S/C20H29N3OS.CH4/c1-14(15-7-4-3-5-8-15)22-18(24)16-9-6-10-17(13-16)20(2)11-12-25-19(21)23-20;/h6,9-10,13-15H,3-5,7-8,11-12H2,1-2H3,(H2,21,23)(H,22,24);1H4/t14-,20?;/m1./s1. The highest BCUT2D eigenvalue weighted by atomic mass is 32.2. The highest BCUT2D eigenvalue weighted by Crippen LogP contribution is 2.35. The maximum atomic E-state index is 12.7. The number of nitrogens with zero attached hydrogens (tertiary/aromatic N) is 1. The minimum atomic E-state index is -0.333. The summed E-state index contributed by atoms with van der Waals surface area (Å²) in [4.78, 5) is 17.4. The summed E-state index contributed by atoms with van der Waals surface area (Å²) in [6, 6.07) is 8.10. The Morgan fingerprint density at radius 3 is 2.77 bits per heavy atom. The van der Waals surface area contributed by atoms with Gasteiger partial charge in [-0.15, -0.1) is 0 Å². The van der Waals surface area contributed by atoms with E-state index in [0.29, 0.717) is 16.6 Å². The zero-order valence-electron chi connectivity index (χ0n) is 15.3. The summed E-state index contributed by atoms with van der Waals surface area (Å²) in [6.45, 7) is 4.24. The second-order valence-electron chi connectivity index (χ2n) is 7.56. The van der Waals surface area contributed by atoms with E-state index in [4.69, 9.17) is 5.73 Å². The predicted molar refractivity (Wildman–Crippen MR) is 113 cm³/mol. The van der Waals surface area contributed by atoms with Gasteiger partial charge in [0.25, 0.3) is 5.91 Å². The quantitative estimate of drug-likeness (QED) is 0.802. The van der Waals surface area contributed by atoms with Gasteiger partial charge in [-0.3, -0.25) is 9.79 Å². The lowest BCUT2D eigenvalue weighted by Crippen LogP contribution is -2.39. The molecule has 0 spiro atoms. The molecular weight excluding hydrogens is 342 g/mol. The predicted octanol–water partition coefficient (Wildman–Crippen LogP) is 4.69. The molecule has 1 unspecified atom stereocenters. The molecule has 1 aromatic rings. The van der Waals surface area contributed by atoms with Crippen molar-refractivity contribution in [3.05, 3.63) is 35.4 Å². The number of rotatable bonds is 4. The molecule has 0 aromatic heterocycles. The molecule has 1 aromatic carbocycles. The van der Waals surface area contributed by atoms with Crippen LogP contribution in [0.5, 0.6) is 0 Å². The number of amides is 1. The van der Waals surface area contributed by atoms with Crippen LogP contribution in [0.1, 0.15) is 75.7 Å². The monoisotopic (exact) mass is 375 g/mol. The van der Waals surface area contributed by atoms with E-state index in [1.165, 1.54) is 32.1 Å². The SMILES string of the molecule is C.C[C@@H](NC(=O)c1cccc(C2(C)CCSC(N)=N2)c1)C1CCCCC1. The van der Waals surface area contributed by atoms with Crippen LogP contribution in [0.15, 0.2) is 29.3 Å². The third kappa shape index (κ3) is 4.81. The molecule has 0 radical (unpaired) electrons. The molecule has 1 amide bonds. The van der Waals surface area contributed by atoms with Crippen LogP contribution in [0, 0.1) is 5.92 Å². The van der Waals surface area contributed by atoms with Crippen LogP contribution in [0.4, 0.5) is 0 Å². The Hall–Kier alpha value is -1.49. The average molecular weight is 376 g/mol. The van der Waals surface area contributed by atoms with Crippen molar-refractivity contribution in [3.8, 4) is 0 Å². The molecule has 1 aliphatic carbocycles. The molecule has 0 saturated heterocycles. The van der Waals surface area contributed by atoms with E-state index in [2.05, 4.69) is 24.2 Å². The fourth-order valence-electron chi connectivity index (χ4n) is 3.93. The molecule has 3 N–H and O–H groups in total. The molecule has 1 saturated carbocycles. The van der Waals surface area contributed by atoms with E-state index in [-0.39, 0.29) is 24.9 Å².